The van der Waals surface area contributed by atoms with Gasteiger partial charge in [-0.05, 0) is 24.7 Å². The first kappa shape index (κ1) is 12.7. The fraction of sp³-hybridized carbons (Fsp3) is 0.250. The van der Waals surface area contributed by atoms with Gasteiger partial charge in [-0.15, -0.1) is 11.3 Å². The zero-order valence-electron chi connectivity index (χ0n) is 7.96. The molecule has 1 aromatic heterocycles. The summed E-state index contributed by atoms with van der Waals surface area (Å²) in [6.07, 6.45) is 0. The number of carbonyl (C=O) groups is 1. The van der Waals surface area contributed by atoms with Gasteiger partial charge in [-0.2, -0.15) is 0 Å². The van der Waals surface area contributed by atoms with Crippen molar-refractivity contribution in [2.45, 2.75) is 11.4 Å². The van der Waals surface area contributed by atoms with Crippen molar-refractivity contribution in [3.8, 4) is 0 Å². The molecule has 0 saturated carbocycles. The Bertz CT molecular complexity index is 416. The lowest BCUT2D eigenvalue weighted by atomic mass is 10.1. The number of carbonyl (C=O) groups excluding carboxylic acids is 1. The van der Waals surface area contributed by atoms with Crippen LogP contribution in [0.4, 0.5) is 5.00 Å². The van der Waals surface area contributed by atoms with Gasteiger partial charge in [0.15, 0.2) is 5.11 Å². The van der Waals surface area contributed by atoms with E-state index in [9.17, 15) is 4.79 Å². The zero-order valence-corrected chi connectivity index (χ0v) is 11.8. The van der Waals surface area contributed by atoms with Crippen molar-refractivity contribution < 1.29 is 4.79 Å². The van der Waals surface area contributed by atoms with Crippen molar-refractivity contribution in [2.24, 2.45) is 11.5 Å². The molecule has 5 N–H and O–H groups in total. The van der Waals surface area contributed by atoms with Crippen LogP contribution in [0, 0.1) is 6.92 Å². The number of hydrogen-bond donors (Lipinski definition) is 3. The predicted octanol–water partition coefficient (Wildman–Crippen LogP) is 1.75. The molecule has 0 fully saturated rings. The number of nitrogens with one attached hydrogen (secondary N) is 1. The number of anilines is 1. The molecule has 0 spiro atoms. The second-order valence-corrected chi connectivity index (χ2v) is 5.15. The molecule has 0 aliphatic heterocycles. The summed E-state index contributed by atoms with van der Waals surface area (Å²) in [4.78, 5) is 12.4. The summed E-state index contributed by atoms with van der Waals surface area (Å²) in [6, 6.07) is 0. The minimum absolute atomic E-state index is 0.138. The molecule has 0 aliphatic carbocycles. The number of alkyl halides is 1. The van der Waals surface area contributed by atoms with Crippen molar-refractivity contribution in [1.29, 1.82) is 0 Å². The lowest BCUT2D eigenvalue weighted by Gasteiger charge is -2.02. The highest BCUT2D eigenvalue weighted by atomic mass is 127. The van der Waals surface area contributed by atoms with Gasteiger partial charge in [0, 0.05) is 9.30 Å². The molecule has 7 heteroatoms. The van der Waals surface area contributed by atoms with Crippen molar-refractivity contribution in [3.63, 3.8) is 0 Å². The highest BCUT2D eigenvalue weighted by Gasteiger charge is 2.18. The Morgan fingerprint density at radius 1 is 1.60 bits per heavy atom. The molecule has 82 valence electrons. The average molecular weight is 355 g/mol. The van der Waals surface area contributed by atoms with Crippen molar-refractivity contribution >= 4 is 62.2 Å². The normalized spacial score (nSPS) is 10.0. The van der Waals surface area contributed by atoms with Gasteiger partial charge in [0.05, 0.1) is 5.56 Å². The molecule has 0 aromatic carbocycles. The fourth-order valence-electron chi connectivity index (χ4n) is 1.18. The van der Waals surface area contributed by atoms with Crippen LogP contribution in [0.5, 0.6) is 0 Å². The van der Waals surface area contributed by atoms with E-state index in [1.54, 1.807) is 0 Å². The molecule has 15 heavy (non-hydrogen) atoms. The molecule has 1 rings (SSSR count). The Morgan fingerprint density at radius 2 is 2.20 bits per heavy atom. The predicted molar refractivity (Wildman–Crippen MR) is 75.7 cm³/mol. The number of nitrogens with two attached hydrogens (primary N) is 2. The van der Waals surface area contributed by atoms with E-state index in [2.05, 4.69) is 27.9 Å². The van der Waals surface area contributed by atoms with Crippen LogP contribution in [0.3, 0.4) is 0 Å². The maximum Gasteiger partial charge on any atom is 0.251 e. The van der Waals surface area contributed by atoms with Crippen molar-refractivity contribution in [3.05, 3.63) is 16.0 Å². The largest absolute Gasteiger partial charge is 0.376 e. The van der Waals surface area contributed by atoms with E-state index in [0.29, 0.717) is 10.6 Å². The van der Waals surface area contributed by atoms with Crippen LogP contribution in [-0.2, 0) is 4.43 Å². The Balaban J connectivity index is 3.24. The number of halogens is 1. The summed E-state index contributed by atoms with van der Waals surface area (Å²) in [7, 11) is 0. The maximum atomic E-state index is 11.3. The van der Waals surface area contributed by atoms with Crippen LogP contribution in [0.2, 0.25) is 0 Å². The summed E-state index contributed by atoms with van der Waals surface area (Å²) in [5.41, 5.74) is 12.1. The number of hydrogen-bond acceptors (Lipinski definition) is 3. The number of thiocarbonyl (C=S) groups is 1. The van der Waals surface area contributed by atoms with Crippen LogP contribution in [0.25, 0.3) is 0 Å². The summed E-state index contributed by atoms with van der Waals surface area (Å²) in [5.74, 6) is -0.460. The van der Waals surface area contributed by atoms with Crippen LogP contribution >= 0.6 is 46.1 Å². The number of thiophene rings is 1. The van der Waals surface area contributed by atoms with Gasteiger partial charge in [0.1, 0.15) is 5.00 Å². The third kappa shape index (κ3) is 2.79. The smallest absolute Gasteiger partial charge is 0.251 e. The Kier molecular flexibility index (Phi) is 4.29. The van der Waals surface area contributed by atoms with Crippen LogP contribution in [0.1, 0.15) is 20.8 Å². The minimum Gasteiger partial charge on any atom is -0.376 e. The molecule has 0 atom stereocenters. The van der Waals surface area contributed by atoms with E-state index in [1.807, 2.05) is 6.92 Å². The first-order valence-corrected chi connectivity index (χ1v) is 6.76. The minimum atomic E-state index is -0.460. The Morgan fingerprint density at radius 3 is 2.60 bits per heavy atom. The average Bonchev–Trinajstić information content (AvgIpc) is 2.41. The Labute approximate surface area is 111 Å². The van der Waals surface area contributed by atoms with Crippen molar-refractivity contribution in [2.75, 3.05) is 5.32 Å². The topological polar surface area (TPSA) is 81.1 Å². The molecule has 0 bridgehead atoms. The second kappa shape index (κ2) is 5.08. The van der Waals surface area contributed by atoms with Crippen LogP contribution in [-0.4, -0.2) is 11.0 Å². The quantitative estimate of drug-likeness (QED) is 0.438. The number of primary amides is 1. The van der Waals surface area contributed by atoms with E-state index in [-0.39, 0.29) is 5.11 Å². The van der Waals surface area contributed by atoms with E-state index in [4.69, 9.17) is 23.7 Å². The summed E-state index contributed by atoms with van der Waals surface area (Å²) < 4.78 is 0.827. The fourth-order valence-corrected chi connectivity index (χ4v) is 3.46. The number of amides is 1. The van der Waals surface area contributed by atoms with Gasteiger partial charge < -0.3 is 16.8 Å². The standard InChI is InChI=1S/C8H10IN3OS2/c1-3-4(2-9)15-7(12-8(11)14)5(3)6(10)13/h2H2,1H3,(H2,10,13)(H3,11,12,14). The monoisotopic (exact) mass is 355 g/mol. The first-order valence-electron chi connectivity index (χ1n) is 4.01. The van der Waals surface area contributed by atoms with E-state index in [1.165, 1.54) is 11.3 Å². The molecule has 1 amide bonds. The zero-order chi connectivity index (χ0) is 11.6. The summed E-state index contributed by atoms with van der Waals surface area (Å²) in [5, 5.41) is 3.55. The van der Waals surface area contributed by atoms with E-state index >= 15 is 0 Å². The maximum absolute atomic E-state index is 11.3. The highest BCUT2D eigenvalue weighted by molar-refractivity contribution is 14.1. The van der Waals surface area contributed by atoms with Gasteiger partial charge in [-0.1, -0.05) is 22.6 Å². The van der Waals surface area contributed by atoms with Gasteiger partial charge in [0.25, 0.3) is 5.91 Å². The third-order valence-electron chi connectivity index (χ3n) is 1.85. The molecular formula is C8H10IN3OS2. The van der Waals surface area contributed by atoms with Crippen LogP contribution < -0.4 is 16.8 Å². The van der Waals surface area contributed by atoms with Gasteiger partial charge in [-0.25, -0.2) is 0 Å². The molecule has 4 nitrogen and oxygen atoms in total. The highest BCUT2D eigenvalue weighted by Crippen LogP contribution is 2.33. The van der Waals surface area contributed by atoms with Gasteiger partial charge >= 0.3 is 0 Å². The molecule has 0 aliphatic rings. The molecule has 0 radical (unpaired) electrons. The van der Waals surface area contributed by atoms with Crippen molar-refractivity contribution in [1.82, 2.24) is 0 Å². The second-order valence-electron chi connectivity index (χ2n) is 2.84. The van der Waals surface area contributed by atoms with Crippen LogP contribution in [0.15, 0.2) is 0 Å². The molecule has 1 heterocycles. The SMILES string of the molecule is Cc1c(CI)sc(NC(N)=S)c1C(N)=O. The summed E-state index contributed by atoms with van der Waals surface area (Å²) >= 11 is 8.42. The van der Waals surface area contributed by atoms with E-state index < -0.39 is 5.91 Å². The molecular weight excluding hydrogens is 345 g/mol. The Hall–Kier alpha value is -0.410. The molecule has 0 saturated heterocycles. The van der Waals surface area contributed by atoms with Gasteiger partial charge in [0.2, 0.25) is 0 Å². The lowest BCUT2D eigenvalue weighted by molar-refractivity contribution is 0.100. The lowest BCUT2D eigenvalue weighted by Crippen LogP contribution is -2.21. The van der Waals surface area contributed by atoms with E-state index in [0.717, 1.165) is 14.9 Å². The molecule has 0 unspecified atom stereocenters. The van der Waals surface area contributed by atoms with Gasteiger partial charge in [-0.3, -0.25) is 4.79 Å². The third-order valence-corrected chi connectivity index (χ3v) is 4.44. The number of rotatable bonds is 3. The molecule has 1 aromatic rings. The summed E-state index contributed by atoms with van der Waals surface area (Å²) in [6.45, 7) is 1.87. The first-order chi connectivity index (χ1) is 6.97.